The van der Waals surface area contributed by atoms with Gasteiger partial charge in [0.05, 0.1) is 6.54 Å². The van der Waals surface area contributed by atoms with Gasteiger partial charge >= 0.3 is 0 Å². The number of hydrogen-bond donors (Lipinski definition) is 1. The van der Waals surface area contributed by atoms with Crippen molar-refractivity contribution in [1.82, 2.24) is 14.7 Å². The molecule has 2 heterocycles. The highest BCUT2D eigenvalue weighted by Gasteiger charge is 2.31. The van der Waals surface area contributed by atoms with Crippen molar-refractivity contribution in [3.8, 4) is 0 Å². The van der Waals surface area contributed by atoms with Crippen molar-refractivity contribution < 1.29 is 14.4 Å². The molecule has 3 amide bonds. The second-order valence-electron chi connectivity index (χ2n) is 9.74. The summed E-state index contributed by atoms with van der Waals surface area (Å²) in [5.41, 5.74) is 4.09. The predicted octanol–water partition coefficient (Wildman–Crippen LogP) is 3.34. The van der Waals surface area contributed by atoms with Gasteiger partial charge in [-0.3, -0.25) is 19.3 Å². The van der Waals surface area contributed by atoms with E-state index in [1.807, 2.05) is 78.3 Å². The Morgan fingerprint density at radius 1 is 0.861 bits per heavy atom. The summed E-state index contributed by atoms with van der Waals surface area (Å²) in [6, 6.07) is 15.7. The number of anilines is 1. The number of benzene rings is 2. The van der Waals surface area contributed by atoms with Gasteiger partial charge in [-0.25, -0.2) is 0 Å². The first kappa shape index (κ1) is 25.6. The van der Waals surface area contributed by atoms with Crippen molar-refractivity contribution >= 4 is 29.5 Å². The summed E-state index contributed by atoms with van der Waals surface area (Å²) < 4.78 is 0. The fourth-order valence-electron chi connectivity index (χ4n) is 4.85. The summed E-state index contributed by atoms with van der Waals surface area (Å²) in [6.45, 7) is 8.22. The van der Waals surface area contributed by atoms with Gasteiger partial charge in [-0.1, -0.05) is 42.5 Å². The zero-order valence-corrected chi connectivity index (χ0v) is 21.3. The molecular formula is C29H36N4O3. The van der Waals surface area contributed by atoms with Crippen LogP contribution in [0.1, 0.15) is 29.5 Å². The largest absolute Gasteiger partial charge is 0.340 e. The molecule has 2 saturated heterocycles. The number of carbonyl (C=O) groups excluding carboxylic acids is 3. The first-order valence-electron chi connectivity index (χ1n) is 12.8. The fourth-order valence-corrected chi connectivity index (χ4v) is 4.85. The van der Waals surface area contributed by atoms with E-state index in [-0.39, 0.29) is 23.6 Å². The summed E-state index contributed by atoms with van der Waals surface area (Å²) in [6.07, 6.45) is 4.85. The zero-order chi connectivity index (χ0) is 25.5. The SMILES string of the molecule is Cc1cccc(NC(=O)CN2CCN(C(=O)C3CCN(C(=O)C=Cc4ccccc4)CC3)CC2)c1C. The van der Waals surface area contributed by atoms with Gasteiger partial charge in [0.2, 0.25) is 17.7 Å². The van der Waals surface area contributed by atoms with E-state index in [0.717, 1.165) is 22.4 Å². The highest BCUT2D eigenvalue weighted by atomic mass is 16.2. The lowest BCUT2D eigenvalue weighted by Gasteiger charge is -2.38. The van der Waals surface area contributed by atoms with Crippen LogP contribution < -0.4 is 5.32 Å². The van der Waals surface area contributed by atoms with Gasteiger partial charge in [0.1, 0.15) is 0 Å². The Hall–Kier alpha value is -3.45. The van der Waals surface area contributed by atoms with Crippen molar-refractivity contribution in [2.24, 2.45) is 5.92 Å². The normalized spacial score (nSPS) is 17.4. The number of piperidine rings is 1. The van der Waals surface area contributed by atoms with E-state index >= 15 is 0 Å². The maximum Gasteiger partial charge on any atom is 0.246 e. The second-order valence-corrected chi connectivity index (χ2v) is 9.74. The molecule has 2 aromatic rings. The molecule has 190 valence electrons. The van der Waals surface area contributed by atoms with Crippen LogP contribution >= 0.6 is 0 Å². The van der Waals surface area contributed by atoms with E-state index in [4.69, 9.17) is 0 Å². The van der Waals surface area contributed by atoms with Crippen molar-refractivity contribution in [3.05, 3.63) is 71.3 Å². The van der Waals surface area contributed by atoms with Crippen LogP contribution in [0.5, 0.6) is 0 Å². The van der Waals surface area contributed by atoms with Gasteiger partial charge in [0.25, 0.3) is 0 Å². The molecular weight excluding hydrogens is 452 g/mol. The molecule has 7 heteroatoms. The molecule has 0 aliphatic carbocycles. The van der Waals surface area contributed by atoms with Gasteiger partial charge in [0, 0.05) is 56.9 Å². The molecule has 2 aromatic carbocycles. The molecule has 0 unspecified atom stereocenters. The monoisotopic (exact) mass is 488 g/mol. The zero-order valence-electron chi connectivity index (χ0n) is 21.3. The smallest absolute Gasteiger partial charge is 0.246 e. The number of aryl methyl sites for hydroxylation is 1. The van der Waals surface area contributed by atoms with Crippen LogP contribution in [0.3, 0.4) is 0 Å². The molecule has 0 radical (unpaired) electrons. The van der Waals surface area contributed by atoms with Crippen molar-refractivity contribution in [2.75, 3.05) is 51.1 Å². The Bertz CT molecular complexity index is 1100. The third-order valence-corrected chi connectivity index (χ3v) is 7.30. The lowest BCUT2D eigenvalue weighted by molar-refractivity contribution is -0.141. The maximum atomic E-state index is 13.1. The van der Waals surface area contributed by atoms with Crippen molar-refractivity contribution in [3.63, 3.8) is 0 Å². The van der Waals surface area contributed by atoms with E-state index in [1.165, 1.54) is 0 Å². The standard InChI is InChI=1S/C29H36N4O3/c1-22-7-6-10-26(23(22)2)30-27(34)21-31-17-19-33(20-18-31)29(36)25-13-15-32(16-14-25)28(35)12-11-24-8-4-3-5-9-24/h3-12,25H,13-21H2,1-2H3,(H,30,34). The van der Waals surface area contributed by atoms with Gasteiger partial charge in [-0.15, -0.1) is 0 Å². The van der Waals surface area contributed by atoms with E-state index in [1.54, 1.807) is 6.08 Å². The Morgan fingerprint density at radius 3 is 2.25 bits per heavy atom. The minimum Gasteiger partial charge on any atom is -0.340 e. The number of nitrogens with zero attached hydrogens (tertiary/aromatic N) is 3. The third-order valence-electron chi connectivity index (χ3n) is 7.30. The first-order chi connectivity index (χ1) is 17.4. The Labute approximate surface area is 213 Å². The molecule has 0 spiro atoms. The Balaban J connectivity index is 1.18. The molecule has 7 nitrogen and oxygen atoms in total. The molecule has 0 aromatic heterocycles. The summed E-state index contributed by atoms with van der Waals surface area (Å²) in [5.74, 6) is 0.118. The minimum absolute atomic E-state index is 0.00231. The molecule has 1 N–H and O–H groups in total. The number of amides is 3. The van der Waals surface area contributed by atoms with E-state index in [0.29, 0.717) is 58.7 Å². The van der Waals surface area contributed by atoms with Crippen LogP contribution in [0.15, 0.2) is 54.6 Å². The summed E-state index contributed by atoms with van der Waals surface area (Å²) in [4.78, 5) is 44.0. The topological polar surface area (TPSA) is 73.0 Å². The number of nitrogens with one attached hydrogen (secondary N) is 1. The van der Waals surface area contributed by atoms with E-state index in [9.17, 15) is 14.4 Å². The van der Waals surface area contributed by atoms with Gasteiger partial charge in [-0.05, 0) is 55.5 Å². The summed E-state index contributed by atoms with van der Waals surface area (Å²) in [7, 11) is 0. The van der Waals surface area contributed by atoms with E-state index < -0.39 is 0 Å². The number of hydrogen-bond acceptors (Lipinski definition) is 4. The second kappa shape index (κ2) is 12.0. The van der Waals surface area contributed by atoms with Gasteiger partial charge < -0.3 is 15.1 Å². The van der Waals surface area contributed by atoms with Crippen molar-refractivity contribution in [2.45, 2.75) is 26.7 Å². The van der Waals surface area contributed by atoms with Crippen LogP contribution in [0.2, 0.25) is 0 Å². The number of piperazine rings is 1. The van der Waals surface area contributed by atoms with Crippen LogP contribution in [0.4, 0.5) is 5.69 Å². The molecule has 2 aliphatic heterocycles. The van der Waals surface area contributed by atoms with Gasteiger partial charge in [-0.2, -0.15) is 0 Å². The fraction of sp³-hybridized carbons (Fsp3) is 0.414. The molecule has 0 saturated carbocycles. The van der Waals surface area contributed by atoms with Crippen LogP contribution in [0, 0.1) is 19.8 Å². The number of likely N-dealkylation sites (tertiary alicyclic amines) is 1. The predicted molar refractivity (Wildman–Crippen MR) is 142 cm³/mol. The molecule has 36 heavy (non-hydrogen) atoms. The number of carbonyl (C=O) groups is 3. The molecule has 2 aliphatic rings. The highest BCUT2D eigenvalue weighted by Crippen LogP contribution is 2.21. The highest BCUT2D eigenvalue weighted by molar-refractivity contribution is 5.93. The minimum atomic E-state index is -0.0358. The first-order valence-corrected chi connectivity index (χ1v) is 12.8. The molecule has 4 rings (SSSR count). The molecule has 2 fully saturated rings. The number of rotatable bonds is 6. The quantitative estimate of drug-likeness (QED) is 0.633. The van der Waals surface area contributed by atoms with Crippen LogP contribution in [-0.4, -0.2) is 78.2 Å². The average Bonchev–Trinajstić information content (AvgIpc) is 2.90. The third kappa shape index (κ3) is 6.61. The summed E-state index contributed by atoms with van der Waals surface area (Å²) >= 11 is 0. The lowest BCUT2D eigenvalue weighted by Crippen LogP contribution is -2.53. The van der Waals surface area contributed by atoms with Crippen LogP contribution in [-0.2, 0) is 14.4 Å². The Kier molecular flexibility index (Phi) is 8.54. The average molecular weight is 489 g/mol. The van der Waals surface area contributed by atoms with Crippen molar-refractivity contribution in [1.29, 1.82) is 0 Å². The van der Waals surface area contributed by atoms with E-state index in [2.05, 4.69) is 10.2 Å². The van der Waals surface area contributed by atoms with Gasteiger partial charge in [0.15, 0.2) is 0 Å². The summed E-state index contributed by atoms with van der Waals surface area (Å²) in [5, 5.41) is 3.02. The lowest BCUT2D eigenvalue weighted by atomic mass is 9.95. The molecule has 0 atom stereocenters. The molecule has 0 bridgehead atoms. The maximum absolute atomic E-state index is 13.1. The van der Waals surface area contributed by atoms with Crippen LogP contribution in [0.25, 0.3) is 6.08 Å². The Morgan fingerprint density at radius 2 is 1.56 bits per heavy atom.